The molecule has 0 aromatic heterocycles. The molecule has 0 radical (unpaired) electrons. The number of thioether (sulfide) groups is 1. The fourth-order valence-corrected chi connectivity index (χ4v) is 2.80. The Hall–Kier alpha value is -1.94. The summed E-state index contributed by atoms with van der Waals surface area (Å²) in [5.74, 6) is 1.51. The number of benzene rings is 2. The molecule has 0 atom stereocenters. The van der Waals surface area contributed by atoms with Crippen LogP contribution in [0.1, 0.15) is 11.1 Å². The standard InChI is InChI=1S/C17H18O3S/c1-13-5-3-4-6-14(13)11-12-21-16-9-7-15(8-10-16)20-17(18)19-2/h3-10H,11-12H2,1-2H3. The lowest BCUT2D eigenvalue weighted by molar-refractivity contribution is 0.121. The number of aryl methyl sites for hydroxylation is 2. The van der Waals surface area contributed by atoms with Gasteiger partial charge in [0.15, 0.2) is 0 Å². The van der Waals surface area contributed by atoms with Gasteiger partial charge in [-0.3, -0.25) is 0 Å². The van der Waals surface area contributed by atoms with Crippen molar-refractivity contribution in [1.29, 1.82) is 0 Å². The summed E-state index contributed by atoms with van der Waals surface area (Å²) in [7, 11) is 1.29. The summed E-state index contributed by atoms with van der Waals surface area (Å²) < 4.78 is 9.38. The first-order valence-corrected chi connectivity index (χ1v) is 7.71. The van der Waals surface area contributed by atoms with Crippen molar-refractivity contribution in [2.45, 2.75) is 18.2 Å². The number of ether oxygens (including phenoxy) is 2. The van der Waals surface area contributed by atoms with E-state index in [2.05, 4.69) is 35.9 Å². The van der Waals surface area contributed by atoms with E-state index in [0.29, 0.717) is 5.75 Å². The van der Waals surface area contributed by atoms with E-state index in [-0.39, 0.29) is 0 Å². The number of hydrogen-bond acceptors (Lipinski definition) is 4. The molecule has 0 saturated heterocycles. The van der Waals surface area contributed by atoms with Gasteiger partial charge in [0.25, 0.3) is 0 Å². The Labute approximate surface area is 129 Å². The molecule has 0 heterocycles. The highest BCUT2D eigenvalue weighted by Crippen LogP contribution is 2.23. The van der Waals surface area contributed by atoms with Crippen LogP contribution in [0, 0.1) is 6.92 Å². The number of carbonyl (C=O) groups excluding carboxylic acids is 1. The predicted octanol–water partition coefficient (Wildman–Crippen LogP) is 4.48. The van der Waals surface area contributed by atoms with Crippen molar-refractivity contribution in [3.63, 3.8) is 0 Å². The predicted molar refractivity (Wildman–Crippen MR) is 85.1 cm³/mol. The zero-order valence-electron chi connectivity index (χ0n) is 12.2. The van der Waals surface area contributed by atoms with Crippen molar-refractivity contribution >= 4 is 17.9 Å². The largest absolute Gasteiger partial charge is 0.513 e. The van der Waals surface area contributed by atoms with Crippen molar-refractivity contribution in [2.75, 3.05) is 12.9 Å². The molecule has 0 N–H and O–H groups in total. The van der Waals surface area contributed by atoms with E-state index in [9.17, 15) is 4.79 Å². The molecule has 3 nitrogen and oxygen atoms in total. The van der Waals surface area contributed by atoms with Crippen molar-refractivity contribution in [2.24, 2.45) is 0 Å². The van der Waals surface area contributed by atoms with Crippen LogP contribution in [0.2, 0.25) is 0 Å². The Morgan fingerprint density at radius 2 is 1.81 bits per heavy atom. The molecule has 21 heavy (non-hydrogen) atoms. The molecular weight excluding hydrogens is 284 g/mol. The van der Waals surface area contributed by atoms with Crippen molar-refractivity contribution in [1.82, 2.24) is 0 Å². The van der Waals surface area contributed by atoms with Crippen LogP contribution in [0.25, 0.3) is 0 Å². The third kappa shape index (κ3) is 4.83. The van der Waals surface area contributed by atoms with Crippen LogP contribution in [-0.4, -0.2) is 19.0 Å². The van der Waals surface area contributed by atoms with Crippen molar-refractivity contribution < 1.29 is 14.3 Å². The van der Waals surface area contributed by atoms with E-state index >= 15 is 0 Å². The summed E-state index contributed by atoms with van der Waals surface area (Å²) in [5, 5.41) is 0. The number of carbonyl (C=O) groups is 1. The summed E-state index contributed by atoms with van der Waals surface area (Å²) in [6, 6.07) is 15.9. The highest BCUT2D eigenvalue weighted by molar-refractivity contribution is 7.99. The summed E-state index contributed by atoms with van der Waals surface area (Å²) in [6.07, 6.45) is 0.340. The molecule has 2 aromatic rings. The summed E-state index contributed by atoms with van der Waals surface area (Å²) >= 11 is 1.79. The first-order valence-electron chi connectivity index (χ1n) is 6.72. The summed E-state index contributed by atoms with van der Waals surface area (Å²) in [6.45, 7) is 2.14. The topological polar surface area (TPSA) is 35.5 Å². The van der Waals surface area contributed by atoms with E-state index in [0.717, 1.165) is 17.1 Å². The molecule has 0 saturated carbocycles. The lowest BCUT2D eigenvalue weighted by atomic mass is 10.1. The van der Waals surface area contributed by atoms with Gasteiger partial charge in [-0.2, -0.15) is 0 Å². The molecule has 0 unspecified atom stereocenters. The van der Waals surface area contributed by atoms with Gasteiger partial charge in [0.05, 0.1) is 7.11 Å². The molecule has 0 aliphatic carbocycles. The minimum atomic E-state index is -0.699. The number of hydrogen-bond donors (Lipinski definition) is 0. The van der Waals surface area contributed by atoms with Gasteiger partial charge in [-0.05, 0) is 48.7 Å². The third-order valence-electron chi connectivity index (χ3n) is 3.09. The molecule has 0 aliphatic heterocycles. The Kier molecular flexibility index (Phi) is 5.69. The van der Waals surface area contributed by atoms with E-state index in [1.807, 2.05) is 12.1 Å². The van der Waals surface area contributed by atoms with Gasteiger partial charge in [-0.15, -0.1) is 11.8 Å². The zero-order valence-corrected chi connectivity index (χ0v) is 13.0. The lowest BCUT2D eigenvalue weighted by Crippen LogP contribution is -2.06. The smallest absolute Gasteiger partial charge is 0.437 e. The van der Waals surface area contributed by atoms with Gasteiger partial charge in [-0.25, -0.2) is 4.79 Å². The first-order chi connectivity index (χ1) is 10.2. The van der Waals surface area contributed by atoms with Gasteiger partial charge >= 0.3 is 6.16 Å². The SMILES string of the molecule is COC(=O)Oc1ccc(SCCc2ccccc2C)cc1. The van der Waals surface area contributed by atoms with Crippen LogP contribution >= 0.6 is 11.8 Å². The fourth-order valence-electron chi connectivity index (χ4n) is 1.91. The highest BCUT2D eigenvalue weighted by atomic mass is 32.2. The minimum absolute atomic E-state index is 0.491. The molecule has 2 aromatic carbocycles. The van der Waals surface area contributed by atoms with Crippen LogP contribution in [0.15, 0.2) is 53.4 Å². The molecule has 2 rings (SSSR count). The molecule has 0 fully saturated rings. The van der Waals surface area contributed by atoms with E-state index in [1.54, 1.807) is 23.9 Å². The van der Waals surface area contributed by atoms with Gasteiger partial charge in [-0.1, -0.05) is 24.3 Å². The molecule has 110 valence electrons. The molecular formula is C17H18O3S. The number of rotatable bonds is 5. The molecule has 0 aliphatic rings. The minimum Gasteiger partial charge on any atom is -0.437 e. The van der Waals surface area contributed by atoms with Crippen LogP contribution in [0.5, 0.6) is 5.75 Å². The first kappa shape index (κ1) is 15.4. The average molecular weight is 302 g/mol. The Balaban J connectivity index is 1.84. The molecule has 4 heteroatoms. The van der Waals surface area contributed by atoms with Gasteiger partial charge < -0.3 is 9.47 Å². The summed E-state index contributed by atoms with van der Waals surface area (Å²) in [4.78, 5) is 12.1. The Morgan fingerprint density at radius 3 is 2.48 bits per heavy atom. The zero-order chi connectivity index (χ0) is 15.1. The second-order valence-corrected chi connectivity index (χ2v) is 5.72. The lowest BCUT2D eigenvalue weighted by Gasteiger charge is -2.06. The second-order valence-electron chi connectivity index (χ2n) is 4.55. The molecule has 0 bridgehead atoms. The third-order valence-corrected chi connectivity index (χ3v) is 4.11. The quantitative estimate of drug-likeness (QED) is 0.463. The van der Waals surface area contributed by atoms with E-state index in [1.165, 1.54) is 18.2 Å². The number of methoxy groups -OCH3 is 1. The maximum Gasteiger partial charge on any atom is 0.513 e. The van der Waals surface area contributed by atoms with Gasteiger partial charge in [0.1, 0.15) is 5.75 Å². The normalized spacial score (nSPS) is 10.2. The molecule has 0 amide bonds. The Morgan fingerprint density at radius 1 is 1.10 bits per heavy atom. The highest BCUT2D eigenvalue weighted by Gasteiger charge is 2.03. The van der Waals surface area contributed by atoms with Gasteiger partial charge in [0, 0.05) is 10.6 Å². The van der Waals surface area contributed by atoms with Crippen LogP contribution < -0.4 is 4.74 Å². The Bertz CT molecular complexity index is 593. The maximum absolute atomic E-state index is 11.0. The average Bonchev–Trinajstić information content (AvgIpc) is 2.51. The second kappa shape index (κ2) is 7.74. The van der Waals surface area contributed by atoms with Crippen LogP contribution in [-0.2, 0) is 11.2 Å². The van der Waals surface area contributed by atoms with Crippen molar-refractivity contribution in [3.8, 4) is 5.75 Å². The van der Waals surface area contributed by atoms with Crippen LogP contribution in [0.4, 0.5) is 4.79 Å². The van der Waals surface area contributed by atoms with E-state index in [4.69, 9.17) is 4.74 Å². The van der Waals surface area contributed by atoms with Crippen LogP contribution in [0.3, 0.4) is 0 Å². The molecule has 0 spiro atoms. The van der Waals surface area contributed by atoms with Gasteiger partial charge in [0.2, 0.25) is 0 Å². The van der Waals surface area contributed by atoms with Crippen molar-refractivity contribution in [3.05, 3.63) is 59.7 Å². The maximum atomic E-state index is 11.0. The fraction of sp³-hybridized carbons (Fsp3) is 0.235. The van der Waals surface area contributed by atoms with E-state index < -0.39 is 6.16 Å². The monoisotopic (exact) mass is 302 g/mol. The summed E-state index contributed by atoms with van der Waals surface area (Å²) in [5.41, 5.74) is 2.72.